The van der Waals surface area contributed by atoms with E-state index in [1.165, 1.54) is 43.8 Å². The zero-order chi connectivity index (χ0) is 16.7. The molecule has 22 heavy (non-hydrogen) atoms. The normalized spacial score (nSPS) is 10.7. The molecule has 116 valence electrons. The van der Waals surface area contributed by atoms with Crippen LogP contribution in [-0.4, -0.2) is 53.1 Å². The van der Waals surface area contributed by atoms with Crippen LogP contribution in [0.1, 0.15) is 15.9 Å². The van der Waals surface area contributed by atoms with E-state index < -0.39 is 23.8 Å². The average Bonchev–Trinajstić information content (AvgIpc) is 2.54. The summed E-state index contributed by atoms with van der Waals surface area (Å²) >= 11 is 0. The third-order valence-corrected chi connectivity index (χ3v) is 2.89. The summed E-state index contributed by atoms with van der Waals surface area (Å²) in [6.45, 7) is 0. The van der Waals surface area contributed by atoms with Crippen molar-refractivity contribution in [2.75, 3.05) is 14.1 Å². The van der Waals surface area contributed by atoms with Gasteiger partial charge < -0.3 is 15.3 Å². The summed E-state index contributed by atoms with van der Waals surface area (Å²) < 4.78 is 0. The number of nitrogens with zero attached hydrogens (tertiary/aromatic N) is 1. The van der Waals surface area contributed by atoms with Crippen LogP contribution >= 0.6 is 0 Å². The maximum Gasteiger partial charge on any atom is 0.275 e. The molecule has 1 aromatic rings. The lowest BCUT2D eigenvalue weighted by molar-refractivity contribution is -0.140. The second-order valence-corrected chi connectivity index (χ2v) is 4.22. The summed E-state index contributed by atoms with van der Waals surface area (Å²) in [4.78, 5) is 36.5. The van der Waals surface area contributed by atoms with Crippen LogP contribution in [-0.2, 0) is 9.59 Å². The third kappa shape index (κ3) is 3.74. The number of aliphatic hydroxyl groups excluding tert-OH is 1. The first-order chi connectivity index (χ1) is 10.5. The molecule has 0 bridgehead atoms. The molecule has 0 radical (unpaired) electrons. The smallest absolute Gasteiger partial charge is 0.275 e. The summed E-state index contributed by atoms with van der Waals surface area (Å²) in [6.07, 6.45) is 1.74. The molecular weight excluding hydrogens is 290 g/mol. The molecule has 0 saturated carbocycles. The van der Waals surface area contributed by atoms with E-state index >= 15 is 0 Å². The van der Waals surface area contributed by atoms with Crippen LogP contribution in [0.25, 0.3) is 0 Å². The van der Waals surface area contributed by atoms with Crippen LogP contribution in [0.4, 0.5) is 0 Å². The van der Waals surface area contributed by atoms with Gasteiger partial charge in [-0.15, -0.1) is 0 Å². The lowest BCUT2D eigenvalue weighted by Crippen LogP contribution is -2.54. The number of hydroxylamine groups is 1. The van der Waals surface area contributed by atoms with E-state index in [2.05, 4.69) is 11.2 Å². The zero-order valence-electron chi connectivity index (χ0n) is 12.0. The standard InChI is InChI=1S/C14H15N3O5/c1-15-12(19)11(13(20)16-22)17(2)14(21)10-5-3-9(4-6-10)7-8-18/h3-6,11,18,22H,1-2H3,(H,15,19)(H,16,20). The van der Waals surface area contributed by atoms with Gasteiger partial charge in [-0.3, -0.25) is 19.6 Å². The van der Waals surface area contributed by atoms with E-state index in [1.807, 2.05) is 0 Å². The topological polar surface area (TPSA) is 119 Å². The lowest BCUT2D eigenvalue weighted by Gasteiger charge is -2.25. The van der Waals surface area contributed by atoms with Gasteiger partial charge in [0, 0.05) is 25.2 Å². The summed E-state index contributed by atoms with van der Waals surface area (Å²) in [5.41, 5.74) is 2.07. The van der Waals surface area contributed by atoms with Gasteiger partial charge in [-0.1, -0.05) is 0 Å². The first-order valence-corrected chi connectivity index (χ1v) is 6.14. The van der Waals surface area contributed by atoms with Crippen molar-refractivity contribution in [2.24, 2.45) is 0 Å². The van der Waals surface area contributed by atoms with Crippen LogP contribution in [0.2, 0.25) is 0 Å². The summed E-state index contributed by atoms with van der Waals surface area (Å²) in [5, 5.41) is 19.4. The molecule has 1 atom stereocenters. The highest BCUT2D eigenvalue weighted by Crippen LogP contribution is 2.09. The van der Waals surface area contributed by atoms with Gasteiger partial charge >= 0.3 is 0 Å². The van der Waals surface area contributed by atoms with Crippen molar-refractivity contribution in [3.63, 3.8) is 0 Å². The van der Waals surface area contributed by atoms with Crippen molar-refractivity contribution in [1.82, 2.24) is 15.7 Å². The molecule has 4 N–H and O–H groups in total. The van der Waals surface area contributed by atoms with Crippen LogP contribution < -0.4 is 10.8 Å². The Morgan fingerprint density at radius 3 is 2.23 bits per heavy atom. The number of hydrogen-bond acceptors (Lipinski definition) is 5. The number of rotatable bonds is 4. The molecule has 0 aliphatic rings. The Morgan fingerprint density at radius 2 is 1.77 bits per heavy atom. The highest BCUT2D eigenvalue weighted by molar-refractivity contribution is 6.08. The molecular formula is C14H15N3O5. The van der Waals surface area contributed by atoms with Gasteiger partial charge in [0.05, 0.1) is 0 Å². The average molecular weight is 305 g/mol. The van der Waals surface area contributed by atoms with Crippen LogP contribution in [0.15, 0.2) is 24.3 Å². The van der Waals surface area contributed by atoms with E-state index in [1.54, 1.807) is 6.11 Å². The van der Waals surface area contributed by atoms with E-state index in [-0.39, 0.29) is 5.56 Å². The maximum atomic E-state index is 12.3. The SMILES string of the molecule is CNC(=O)C(C(=O)NO)N(C)C(=O)c1ccc(C#CO)cc1. The van der Waals surface area contributed by atoms with Crippen molar-refractivity contribution in [3.05, 3.63) is 35.4 Å². The minimum Gasteiger partial charge on any atom is -0.462 e. The number of carbonyl (C=O) groups is 3. The Labute approximate surface area is 126 Å². The second kappa shape index (κ2) is 7.66. The van der Waals surface area contributed by atoms with Crippen molar-refractivity contribution in [1.29, 1.82) is 0 Å². The molecule has 0 aliphatic heterocycles. The minimum absolute atomic E-state index is 0.214. The van der Waals surface area contributed by atoms with Gasteiger partial charge in [-0.05, 0) is 30.2 Å². The molecule has 1 aromatic carbocycles. The number of benzene rings is 1. The highest BCUT2D eigenvalue weighted by atomic mass is 16.5. The van der Waals surface area contributed by atoms with E-state index in [0.717, 1.165) is 4.90 Å². The molecule has 0 aromatic heterocycles. The molecule has 8 heteroatoms. The molecule has 0 spiro atoms. The van der Waals surface area contributed by atoms with Gasteiger partial charge in [0.15, 0.2) is 6.04 Å². The first-order valence-electron chi connectivity index (χ1n) is 6.14. The molecule has 3 amide bonds. The lowest BCUT2D eigenvalue weighted by atomic mass is 10.1. The molecule has 0 aliphatic carbocycles. The Balaban J connectivity index is 3.04. The summed E-state index contributed by atoms with van der Waals surface area (Å²) in [7, 11) is 2.57. The second-order valence-electron chi connectivity index (χ2n) is 4.22. The number of amides is 3. The predicted molar refractivity (Wildman–Crippen MR) is 75.1 cm³/mol. The Hall–Kier alpha value is -3.05. The molecule has 0 heterocycles. The van der Waals surface area contributed by atoms with Crippen molar-refractivity contribution in [2.45, 2.75) is 6.04 Å². The number of hydrogen-bond donors (Lipinski definition) is 4. The van der Waals surface area contributed by atoms with E-state index in [0.29, 0.717) is 5.56 Å². The van der Waals surface area contributed by atoms with Gasteiger partial charge in [0.1, 0.15) is 6.11 Å². The van der Waals surface area contributed by atoms with Crippen LogP contribution in [0.5, 0.6) is 0 Å². The first kappa shape index (κ1) is 17.0. The monoisotopic (exact) mass is 305 g/mol. The zero-order valence-corrected chi connectivity index (χ0v) is 12.0. The van der Waals surface area contributed by atoms with Gasteiger partial charge in [-0.25, -0.2) is 5.48 Å². The molecule has 0 fully saturated rings. The highest BCUT2D eigenvalue weighted by Gasteiger charge is 2.33. The van der Waals surface area contributed by atoms with Gasteiger partial charge in [0.2, 0.25) is 0 Å². The van der Waals surface area contributed by atoms with E-state index in [9.17, 15) is 14.4 Å². The summed E-state index contributed by atoms with van der Waals surface area (Å²) in [6, 6.07) is 4.38. The fraction of sp³-hybridized carbons (Fsp3) is 0.214. The van der Waals surface area contributed by atoms with Crippen molar-refractivity contribution >= 4 is 17.7 Å². The fourth-order valence-corrected chi connectivity index (χ4v) is 1.75. The fourth-order valence-electron chi connectivity index (χ4n) is 1.75. The quantitative estimate of drug-likeness (QED) is 0.248. The number of aliphatic hydroxyl groups is 1. The number of nitrogens with one attached hydrogen (secondary N) is 2. The van der Waals surface area contributed by atoms with Crippen LogP contribution in [0.3, 0.4) is 0 Å². The molecule has 0 saturated heterocycles. The largest absolute Gasteiger partial charge is 0.462 e. The predicted octanol–water partition coefficient (Wildman–Crippen LogP) is -0.940. The third-order valence-electron chi connectivity index (χ3n) is 2.89. The van der Waals surface area contributed by atoms with Crippen LogP contribution in [0, 0.1) is 12.0 Å². The van der Waals surface area contributed by atoms with E-state index in [4.69, 9.17) is 10.3 Å². The van der Waals surface area contributed by atoms with Gasteiger partial charge in [-0.2, -0.15) is 0 Å². The Bertz CT molecular complexity index is 614. The van der Waals surface area contributed by atoms with Gasteiger partial charge in [0.25, 0.3) is 17.7 Å². The minimum atomic E-state index is -1.51. The van der Waals surface area contributed by atoms with Crippen molar-refractivity contribution < 1.29 is 24.7 Å². The maximum absolute atomic E-state index is 12.3. The molecule has 1 rings (SSSR count). The Morgan fingerprint density at radius 1 is 1.18 bits per heavy atom. The Kier molecular flexibility index (Phi) is 5.92. The molecule has 8 nitrogen and oxygen atoms in total. The number of likely N-dealkylation sites (N-methyl/N-ethyl adjacent to an activating group) is 2. The molecule has 1 unspecified atom stereocenters. The van der Waals surface area contributed by atoms with Crippen molar-refractivity contribution in [3.8, 4) is 12.0 Å². The summed E-state index contributed by atoms with van der Waals surface area (Å²) in [5.74, 6) is 0.0283. The number of carbonyl (C=O) groups excluding carboxylic acids is 3.